The molecule has 1 unspecified atom stereocenters. The molecule has 128 valence electrons. The highest BCUT2D eigenvalue weighted by atomic mass is 35.5. The summed E-state index contributed by atoms with van der Waals surface area (Å²) in [4.78, 5) is 14.8. The van der Waals surface area contributed by atoms with Crippen molar-refractivity contribution >= 4 is 23.0 Å². The van der Waals surface area contributed by atoms with Crippen LogP contribution in [0.2, 0.25) is 5.02 Å². The van der Waals surface area contributed by atoms with Crippen molar-refractivity contribution in [1.82, 2.24) is 9.30 Å². The first-order valence-electron chi connectivity index (χ1n) is 8.35. The molecule has 4 nitrogen and oxygen atoms in total. The summed E-state index contributed by atoms with van der Waals surface area (Å²) >= 11 is 6.08. The zero-order valence-corrected chi connectivity index (χ0v) is 14.7. The fraction of sp³-hybridized carbons (Fsp3) is 0.250. The fourth-order valence-electron chi connectivity index (χ4n) is 3.30. The molecule has 25 heavy (non-hydrogen) atoms. The molecule has 0 bridgehead atoms. The van der Waals surface area contributed by atoms with E-state index in [1.165, 1.54) is 5.56 Å². The summed E-state index contributed by atoms with van der Waals surface area (Å²) in [6.07, 6.45) is 3.78. The molecule has 5 heteroatoms. The molecular weight excluding hydrogens is 336 g/mol. The summed E-state index contributed by atoms with van der Waals surface area (Å²) in [5, 5.41) is 0.679. The smallest absolute Gasteiger partial charge is 0.255 e. The number of halogens is 1. The van der Waals surface area contributed by atoms with Crippen molar-refractivity contribution in [3.8, 4) is 0 Å². The molecular formula is C20H19ClN2O2. The summed E-state index contributed by atoms with van der Waals surface area (Å²) < 4.78 is 7.85. The van der Waals surface area contributed by atoms with Gasteiger partial charge in [-0.25, -0.2) is 0 Å². The van der Waals surface area contributed by atoms with Crippen LogP contribution in [0.4, 0.5) is 0 Å². The van der Waals surface area contributed by atoms with E-state index in [1.807, 2.05) is 65.0 Å². The van der Waals surface area contributed by atoms with Crippen LogP contribution in [0.1, 0.15) is 27.6 Å². The molecule has 1 amide bonds. The highest BCUT2D eigenvalue weighted by Crippen LogP contribution is 2.25. The average Bonchev–Trinajstić information content (AvgIpc) is 3.00. The number of morpholine rings is 1. The SMILES string of the molecule is Cc1cc2ccc(C(=O)N3CCOC(c4cccc(Cl)c4)C3)cn2c1. The summed E-state index contributed by atoms with van der Waals surface area (Å²) in [5.41, 5.74) is 3.96. The molecule has 2 aromatic heterocycles. The van der Waals surface area contributed by atoms with Gasteiger partial charge < -0.3 is 14.0 Å². The molecule has 1 fully saturated rings. The molecule has 0 saturated carbocycles. The molecule has 1 aliphatic rings. The predicted molar refractivity (Wildman–Crippen MR) is 98.2 cm³/mol. The molecule has 3 aromatic rings. The van der Waals surface area contributed by atoms with Crippen molar-refractivity contribution in [2.45, 2.75) is 13.0 Å². The molecule has 0 radical (unpaired) electrons. The lowest BCUT2D eigenvalue weighted by molar-refractivity contribution is -0.0228. The molecule has 1 saturated heterocycles. The summed E-state index contributed by atoms with van der Waals surface area (Å²) in [5.74, 6) is 0.0311. The maximum atomic E-state index is 12.9. The van der Waals surface area contributed by atoms with Gasteiger partial charge in [0.15, 0.2) is 0 Å². The second-order valence-corrected chi connectivity index (χ2v) is 6.87. The van der Waals surface area contributed by atoms with Gasteiger partial charge in [0.1, 0.15) is 6.10 Å². The van der Waals surface area contributed by atoms with Crippen LogP contribution in [0.5, 0.6) is 0 Å². The first-order chi connectivity index (χ1) is 12.1. The van der Waals surface area contributed by atoms with Crippen LogP contribution in [-0.2, 0) is 4.74 Å². The number of rotatable bonds is 2. The Balaban J connectivity index is 1.56. The number of benzene rings is 1. The van der Waals surface area contributed by atoms with Gasteiger partial charge >= 0.3 is 0 Å². The third kappa shape index (κ3) is 3.28. The second-order valence-electron chi connectivity index (χ2n) is 6.43. The molecule has 1 aromatic carbocycles. The third-order valence-corrected chi connectivity index (χ3v) is 4.78. The van der Waals surface area contributed by atoms with Crippen molar-refractivity contribution < 1.29 is 9.53 Å². The minimum absolute atomic E-state index is 0.0311. The van der Waals surface area contributed by atoms with E-state index in [4.69, 9.17) is 16.3 Å². The number of fused-ring (bicyclic) bond motifs is 1. The van der Waals surface area contributed by atoms with Crippen molar-refractivity contribution in [1.29, 1.82) is 0 Å². The maximum Gasteiger partial charge on any atom is 0.255 e. The van der Waals surface area contributed by atoms with Gasteiger partial charge in [0.2, 0.25) is 0 Å². The number of aromatic nitrogens is 1. The Labute approximate surface area is 151 Å². The number of hydrogen-bond donors (Lipinski definition) is 0. The largest absolute Gasteiger partial charge is 0.370 e. The lowest BCUT2D eigenvalue weighted by Gasteiger charge is -2.33. The zero-order valence-electron chi connectivity index (χ0n) is 14.0. The van der Waals surface area contributed by atoms with Gasteiger partial charge in [-0.2, -0.15) is 0 Å². The Bertz CT molecular complexity index is 934. The van der Waals surface area contributed by atoms with Crippen molar-refractivity contribution in [3.63, 3.8) is 0 Å². The second kappa shape index (κ2) is 6.54. The Morgan fingerprint density at radius 3 is 2.92 bits per heavy atom. The zero-order chi connectivity index (χ0) is 17.4. The van der Waals surface area contributed by atoms with Gasteiger partial charge in [-0.1, -0.05) is 23.7 Å². The molecule has 1 atom stereocenters. The Kier molecular flexibility index (Phi) is 4.24. The van der Waals surface area contributed by atoms with E-state index in [9.17, 15) is 4.79 Å². The van der Waals surface area contributed by atoms with E-state index in [2.05, 4.69) is 6.07 Å². The number of aryl methyl sites for hydroxylation is 1. The highest BCUT2D eigenvalue weighted by Gasteiger charge is 2.26. The minimum atomic E-state index is -0.144. The van der Waals surface area contributed by atoms with Crippen LogP contribution in [0.25, 0.3) is 5.52 Å². The van der Waals surface area contributed by atoms with Crippen molar-refractivity contribution in [2.75, 3.05) is 19.7 Å². The van der Waals surface area contributed by atoms with Crippen LogP contribution in [0.3, 0.4) is 0 Å². The van der Waals surface area contributed by atoms with Crippen LogP contribution >= 0.6 is 11.6 Å². The number of nitrogens with zero attached hydrogens (tertiary/aromatic N) is 2. The summed E-state index contributed by atoms with van der Waals surface area (Å²) in [6, 6.07) is 13.6. The van der Waals surface area contributed by atoms with Gasteiger partial charge in [-0.3, -0.25) is 4.79 Å². The average molecular weight is 355 g/mol. The van der Waals surface area contributed by atoms with E-state index in [0.717, 1.165) is 11.1 Å². The van der Waals surface area contributed by atoms with Crippen LogP contribution in [0, 0.1) is 6.92 Å². The van der Waals surface area contributed by atoms with Gasteiger partial charge in [-0.05, 0) is 48.4 Å². The van der Waals surface area contributed by atoms with Gasteiger partial charge in [0, 0.05) is 29.5 Å². The van der Waals surface area contributed by atoms with Gasteiger partial charge in [0.05, 0.1) is 18.7 Å². The van der Waals surface area contributed by atoms with Crippen molar-refractivity contribution in [2.24, 2.45) is 0 Å². The first-order valence-corrected chi connectivity index (χ1v) is 8.73. The van der Waals surface area contributed by atoms with E-state index < -0.39 is 0 Å². The summed E-state index contributed by atoms with van der Waals surface area (Å²) in [7, 11) is 0. The number of pyridine rings is 1. The third-order valence-electron chi connectivity index (χ3n) is 4.55. The number of hydrogen-bond acceptors (Lipinski definition) is 2. The quantitative estimate of drug-likeness (QED) is 0.693. The molecule has 4 rings (SSSR count). The number of carbonyl (C=O) groups is 1. The Morgan fingerprint density at radius 2 is 2.08 bits per heavy atom. The lowest BCUT2D eigenvalue weighted by Crippen LogP contribution is -2.42. The Morgan fingerprint density at radius 1 is 1.20 bits per heavy atom. The maximum absolute atomic E-state index is 12.9. The summed E-state index contributed by atoms with van der Waals surface area (Å²) in [6.45, 7) is 3.69. The van der Waals surface area contributed by atoms with Gasteiger partial charge in [0.25, 0.3) is 5.91 Å². The van der Waals surface area contributed by atoms with Crippen LogP contribution < -0.4 is 0 Å². The molecule has 0 N–H and O–H groups in total. The first kappa shape index (κ1) is 16.2. The predicted octanol–water partition coefficient (Wildman–Crippen LogP) is 4.11. The Hall–Kier alpha value is -2.30. The molecule has 3 heterocycles. The number of amides is 1. The fourth-order valence-corrected chi connectivity index (χ4v) is 3.50. The molecule has 0 spiro atoms. The molecule has 1 aliphatic heterocycles. The van der Waals surface area contributed by atoms with Crippen LogP contribution in [0.15, 0.2) is 54.9 Å². The monoisotopic (exact) mass is 354 g/mol. The normalized spacial score (nSPS) is 17.8. The molecule has 0 aliphatic carbocycles. The van der Waals surface area contributed by atoms with E-state index in [0.29, 0.717) is 30.3 Å². The highest BCUT2D eigenvalue weighted by molar-refractivity contribution is 6.30. The lowest BCUT2D eigenvalue weighted by atomic mass is 10.1. The number of ether oxygens (including phenoxy) is 1. The van der Waals surface area contributed by atoms with Crippen LogP contribution in [-0.4, -0.2) is 34.9 Å². The number of carbonyl (C=O) groups excluding carboxylic acids is 1. The van der Waals surface area contributed by atoms with Crippen molar-refractivity contribution in [3.05, 3.63) is 76.6 Å². The van der Waals surface area contributed by atoms with E-state index in [-0.39, 0.29) is 12.0 Å². The standard InChI is InChI=1S/C20H19ClN2O2/c1-14-9-18-6-5-16(12-23(18)11-14)20(24)22-7-8-25-19(13-22)15-3-2-4-17(21)10-15/h2-6,9-12,19H,7-8,13H2,1H3. The van der Waals surface area contributed by atoms with Gasteiger partial charge in [-0.15, -0.1) is 0 Å². The van der Waals surface area contributed by atoms with E-state index >= 15 is 0 Å². The van der Waals surface area contributed by atoms with E-state index in [1.54, 1.807) is 0 Å². The minimum Gasteiger partial charge on any atom is -0.370 e. The topological polar surface area (TPSA) is 34.0 Å².